The molecule has 1 aromatic heterocycles. The number of hydrogen-bond donors (Lipinski definition) is 2. The van der Waals surface area contributed by atoms with E-state index in [0.29, 0.717) is 11.5 Å². The van der Waals surface area contributed by atoms with Crippen LogP contribution in [0, 0.1) is 5.92 Å². The molecule has 2 saturated heterocycles. The molecule has 3 aliphatic heterocycles. The van der Waals surface area contributed by atoms with Crippen molar-refractivity contribution >= 4 is 17.6 Å². The van der Waals surface area contributed by atoms with Crippen molar-refractivity contribution in [1.29, 1.82) is 0 Å². The third-order valence-electron chi connectivity index (χ3n) is 5.37. The van der Waals surface area contributed by atoms with Crippen LogP contribution in [0.15, 0.2) is 12.3 Å². The largest absolute Gasteiger partial charge is 0.379 e. The topological polar surface area (TPSA) is 54.4 Å². The maximum Gasteiger partial charge on any atom is 0.124 e. The first-order valence-electron chi connectivity index (χ1n) is 8.73. The summed E-state index contributed by atoms with van der Waals surface area (Å²) < 4.78 is 7.63. The fraction of sp³-hybridized carbons (Fsp3) is 0.812. The normalized spacial score (nSPS) is 31.7. The van der Waals surface area contributed by atoms with Crippen LogP contribution in [-0.2, 0) is 11.3 Å². The molecule has 0 spiro atoms. The Morgan fingerprint density at radius 2 is 2.35 bits per heavy atom. The van der Waals surface area contributed by atoms with Crippen LogP contribution in [0.2, 0.25) is 0 Å². The van der Waals surface area contributed by atoms with Gasteiger partial charge in [-0.1, -0.05) is 0 Å². The predicted molar refractivity (Wildman–Crippen MR) is 94.1 cm³/mol. The number of nitrogens with zero attached hydrogens (tertiary/aromatic N) is 3. The molecule has 0 saturated carbocycles. The summed E-state index contributed by atoms with van der Waals surface area (Å²) >= 11 is 2.10. The zero-order valence-electron chi connectivity index (χ0n) is 13.7. The first-order chi connectivity index (χ1) is 11.4. The molecular formula is C16H27N5OS. The van der Waals surface area contributed by atoms with Crippen molar-refractivity contribution in [3.63, 3.8) is 0 Å². The Labute approximate surface area is 142 Å². The van der Waals surface area contributed by atoms with Crippen molar-refractivity contribution < 1.29 is 4.74 Å². The van der Waals surface area contributed by atoms with E-state index in [-0.39, 0.29) is 0 Å². The minimum absolute atomic E-state index is 0.341. The number of fused-ring (bicyclic) bond motifs is 1. The molecule has 0 bridgehead atoms. The van der Waals surface area contributed by atoms with Gasteiger partial charge in [-0.15, -0.1) is 0 Å². The van der Waals surface area contributed by atoms with E-state index in [2.05, 4.69) is 37.1 Å². The van der Waals surface area contributed by atoms with Gasteiger partial charge in [-0.2, -0.15) is 16.9 Å². The monoisotopic (exact) mass is 337 g/mol. The molecule has 0 radical (unpaired) electrons. The first kappa shape index (κ1) is 15.7. The van der Waals surface area contributed by atoms with E-state index >= 15 is 0 Å². The van der Waals surface area contributed by atoms with E-state index < -0.39 is 0 Å². The van der Waals surface area contributed by atoms with Gasteiger partial charge in [0.1, 0.15) is 5.82 Å². The van der Waals surface area contributed by atoms with Crippen LogP contribution in [0.4, 0.5) is 5.82 Å². The Bertz CT molecular complexity index is 510. The minimum atomic E-state index is 0.341. The third-order valence-corrected chi connectivity index (χ3v) is 6.61. The quantitative estimate of drug-likeness (QED) is 0.826. The van der Waals surface area contributed by atoms with Gasteiger partial charge in [0.05, 0.1) is 19.4 Å². The van der Waals surface area contributed by atoms with E-state index in [4.69, 9.17) is 4.74 Å². The Morgan fingerprint density at radius 1 is 1.43 bits per heavy atom. The highest BCUT2D eigenvalue weighted by molar-refractivity contribution is 7.99. The zero-order valence-corrected chi connectivity index (χ0v) is 14.5. The van der Waals surface area contributed by atoms with Crippen molar-refractivity contribution in [3.05, 3.63) is 12.3 Å². The molecular weight excluding hydrogens is 310 g/mol. The molecule has 0 aromatic carbocycles. The highest BCUT2D eigenvalue weighted by atomic mass is 32.2. The molecule has 2 fully saturated rings. The third kappa shape index (κ3) is 3.38. The summed E-state index contributed by atoms with van der Waals surface area (Å²) in [6, 6.07) is 2.05. The maximum absolute atomic E-state index is 5.54. The lowest BCUT2D eigenvalue weighted by molar-refractivity contribution is -0.0135. The molecule has 0 unspecified atom stereocenters. The van der Waals surface area contributed by atoms with Crippen LogP contribution >= 0.6 is 11.8 Å². The molecule has 0 aliphatic carbocycles. The Kier molecular flexibility index (Phi) is 4.80. The molecule has 1 aromatic rings. The molecule has 6 nitrogen and oxygen atoms in total. The van der Waals surface area contributed by atoms with E-state index in [1.54, 1.807) is 0 Å². The first-order valence-corrected chi connectivity index (χ1v) is 9.88. The van der Waals surface area contributed by atoms with E-state index in [9.17, 15) is 0 Å². The van der Waals surface area contributed by atoms with Gasteiger partial charge in [-0.25, -0.2) is 4.68 Å². The number of thioether (sulfide) groups is 1. The summed E-state index contributed by atoms with van der Waals surface area (Å²) in [5.74, 6) is 4.31. The van der Waals surface area contributed by atoms with E-state index in [1.807, 2.05) is 12.3 Å². The molecule has 0 amide bonds. The number of nitrogens with one attached hydrogen (secondary N) is 2. The highest BCUT2D eigenvalue weighted by Gasteiger charge is 2.40. The van der Waals surface area contributed by atoms with Crippen LogP contribution in [0.3, 0.4) is 0 Å². The summed E-state index contributed by atoms with van der Waals surface area (Å²) in [6.07, 6.45) is 3.18. The van der Waals surface area contributed by atoms with Crippen LogP contribution in [0.25, 0.3) is 0 Å². The number of aromatic nitrogens is 2. The Balaban J connectivity index is 1.30. The van der Waals surface area contributed by atoms with Crippen molar-refractivity contribution in [2.45, 2.75) is 18.5 Å². The average molecular weight is 337 g/mol. The fourth-order valence-electron chi connectivity index (χ4n) is 3.97. The zero-order chi connectivity index (χ0) is 15.5. The maximum atomic E-state index is 5.54. The van der Waals surface area contributed by atoms with Crippen LogP contribution < -0.4 is 10.6 Å². The molecule has 23 heavy (non-hydrogen) atoms. The highest BCUT2D eigenvalue weighted by Crippen LogP contribution is 2.33. The lowest BCUT2D eigenvalue weighted by Gasteiger charge is -2.43. The van der Waals surface area contributed by atoms with Crippen LogP contribution in [0.5, 0.6) is 0 Å². The van der Waals surface area contributed by atoms with E-state index in [0.717, 1.165) is 58.3 Å². The predicted octanol–water partition coefficient (Wildman–Crippen LogP) is 0.722. The Morgan fingerprint density at radius 3 is 3.17 bits per heavy atom. The number of morpholine rings is 1. The molecule has 3 aliphatic rings. The summed E-state index contributed by atoms with van der Waals surface area (Å²) in [6.45, 7) is 8.17. The van der Waals surface area contributed by atoms with Crippen molar-refractivity contribution in [3.8, 4) is 0 Å². The van der Waals surface area contributed by atoms with Gasteiger partial charge in [-0.3, -0.25) is 4.90 Å². The smallest absolute Gasteiger partial charge is 0.124 e. The van der Waals surface area contributed by atoms with Crippen molar-refractivity contribution in [1.82, 2.24) is 20.0 Å². The minimum Gasteiger partial charge on any atom is -0.379 e. The number of hydrogen-bond acceptors (Lipinski definition) is 6. The van der Waals surface area contributed by atoms with Crippen LogP contribution in [0.1, 0.15) is 6.42 Å². The molecule has 4 rings (SSSR count). The molecule has 2 N–H and O–H groups in total. The summed E-state index contributed by atoms with van der Waals surface area (Å²) in [5.41, 5.74) is 0.341. The molecule has 2 atom stereocenters. The fourth-order valence-corrected chi connectivity index (χ4v) is 5.44. The molecule has 128 valence electrons. The second kappa shape index (κ2) is 7.01. The van der Waals surface area contributed by atoms with Gasteiger partial charge in [0, 0.05) is 62.5 Å². The van der Waals surface area contributed by atoms with Gasteiger partial charge in [-0.05, 0) is 12.2 Å². The second-order valence-electron chi connectivity index (χ2n) is 6.90. The van der Waals surface area contributed by atoms with Crippen molar-refractivity contribution in [2.75, 3.05) is 62.8 Å². The van der Waals surface area contributed by atoms with Gasteiger partial charge in [0.2, 0.25) is 0 Å². The van der Waals surface area contributed by atoms with E-state index in [1.165, 1.54) is 17.9 Å². The Hall–Kier alpha value is -0.760. The second-order valence-corrected chi connectivity index (χ2v) is 8.01. The van der Waals surface area contributed by atoms with Crippen molar-refractivity contribution in [2.24, 2.45) is 5.92 Å². The van der Waals surface area contributed by atoms with Gasteiger partial charge in [0.25, 0.3) is 0 Å². The summed E-state index contributed by atoms with van der Waals surface area (Å²) in [5, 5.41) is 11.6. The lowest BCUT2D eigenvalue weighted by atomic mass is 9.95. The molecule has 4 heterocycles. The molecule has 7 heteroatoms. The lowest BCUT2D eigenvalue weighted by Crippen LogP contribution is -2.59. The van der Waals surface area contributed by atoms with Gasteiger partial charge in [0.15, 0.2) is 0 Å². The van der Waals surface area contributed by atoms with Gasteiger partial charge >= 0.3 is 0 Å². The van der Waals surface area contributed by atoms with Crippen LogP contribution in [-0.4, -0.2) is 77.7 Å². The standard InChI is InChI=1S/C16H27N5OS/c1-3-19-21-11-14(10-18-15(1)21)9-17-12-16(2-8-23-13-16)20-4-6-22-7-5-20/h1,3,14,17-18H,2,4-13H2/t14-,16+/m0/s1. The number of ether oxygens (including phenoxy) is 1. The average Bonchev–Trinajstić information content (AvgIpc) is 3.25. The number of anilines is 1. The van der Waals surface area contributed by atoms with Gasteiger partial charge < -0.3 is 15.4 Å². The SMILES string of the molecule is c1cc2n(n1)C[C@@H](CNC[C@]1(N3CCOCC3)CCSC1)CN2. The summed E-state index contributed by atoms with van der Waals surface area (Å²) in [7, 11) is 0. The number of rotatable bonds is 5. The summed E-state index contributed by atoms with van der Waals surface area (Å²) in [4.78, 5) is 2.67.